The Bertz CT molecular complexity index is 1190. The van der Waals surface area contributed by atoms with E-state index >= 15 is 0 Å². The zero-order valence-electron chi connectivity index (χ0n) is 20.0. The smallest absolute Gasteiger partial charge is 0.404 e. The number of nitrogens with one attached hydrogen (secondary N) is 2. The first-order valence-corrected chi connectivity index (χ1v) is 11.6. The third kappa shape index (κ3) is 6.61. The molecule has 2 aromatic heterocycles. The molecule has 0 saturated carbocycles. The van der Waals surface area contributed by atoms with E-state index in [0.717, 1.165) is 25.7 Å². The fraction of sp³-hybridized carbons (Fsp3) is 0.478. The third-order valence-corrected chi connectivity index (χ3v) is 5.63. The lowest BCUT2D eigenvalue weighted by atomic mass is 10.1. The lowest BCUT2D eigenvalue weighted by Crippen LogP contribution is -2.38. The number of ether oxygens (including phenoxy) is 2. The van der Waals surface area contributed by atoms with Gasteiger partial charge in [-0.1, -0.05) is 0 Å². The van der Waals surface area contributed by atoms with Gasteiger partial charge in [-0.05, 0) is 45.0 Å². The average Bonchev–Trinajstić information content (AvgIpc) is 3.26. The maximum Gasteiger partial charge on any atom is 0.573 e. The minimum absolute atomic E-state index is 0.0360. The van der Waals surface area contributed by atoms with E-state index in [1.54, 1.807) is 6.33 Å². The maximum atomic E-state index is 13.1. The molecule has 3 heterocycles. The van der Waals surface area contributed by atoms with Crippen molar-refractivity contribution in [1.82, 2.24) is 29.7 Å². The van der Waals surface area contributed by atoms with Gasteiger partial charge in [0.2, 0.25) is 5.95 Å². The fourth-order valence-corrected chi connectivity index (χ4v) is 3.79. The van der Waals surface area contributed by atoms with Gasteiger partial charge in [-0.15, -0.1) is 13.2 Å². The molecule has 0 radical (unpaired) electrons. The summed E-state index contributed by atoms with van der Waals surface area (Å²) in [7, 11) is 0. The van der Waals surface area contributed by atoms with Gasteiger partial charge in [-0.2, -0.15) is 4.98 Å². The number of carbonyl (C=O) groups is 1. The minimum Gasteiger partial charge on any atom is -0.404 e. The highest BCUT2D eigenvalue weighted by Gasteiger charge is 2.32. The number of fused-ring (bicyclic) bond motifs is 1. The van der Waals surface area contributed by atoms with Crippen LogP contribution in [-0.2, 0) is 4.74 Å². The van der Waals surface area contributed by atoms with Crippen LogP contribution in [-0.4, -0.2) is 76.1 Å². The summed E-state index contributed by atoms with van der Waals surface area (Å²) in [6, 6.07) is 3.87. The van der Waals surface area contributed by atoms with Gasteiger partial charge in [-0.3, -0.25) is 9.69 Å². The van der Waals surface area contributed by atoms with Crippen LogP contribution in [0.3, 0.4) is 0 Å². The number of hydrogen-bond acceptors (Lipinski definition) is 8. The number of anilines is 2. The Morgan fingerprint density at radius 3 is 2.72 bits per heavy atom. The van der Waals surface area contributed by atoms with E-state index < -0.39 is 18.0 Å². The molecule has 4 rings (SSSR count). The number of halogens is 3. The Morgan fingerprint density at radius 1 is 1.22 bits per heavy atom. The van der Waals surface area contributed by atoms with Gasteiger partial charge in [0.15, 0.2) is 11.4 Å². The summed E-state index contributed by atoms with van der Waals surface area (Å²) < 4.78 is 50.7. The summed E-state index contributed by atoms with van der Waals surface area (Å²) in [5.74, 6) is -0.990. The normalized spacial score (nSPS) is 14.8. The molecule has 1 aliphatic heterocycles. The summed E-state index contributed by atoms with van der Waals surface area (Å²) in [4.78, 5) is 27.5. The molecule has 2 N–H and O–H groups in total. The van der Waals surface area contributed by atoms with E-state index in [1.165, 1.54) is 18.3 Å². The lowest BCUT2D eigenvalue weighted by molar-refractivity contribution is -0.274. The van der Waals surface area contributed by atoms with Crippen LogP contribution in [0.5, 0.6) is 5.75 Å². The van der Waals surface area contributed by atoms with Crippen molar-refractivity contribution in [2.45, 2.75) is 32.7 Å². The predicted molar refractivity (Wildman–Crippen MR) is 126 cm³/mol. The van der Waals surface area contributed by atoms with E-state index in [-0.39, 0.29) is 23.2 Å². The Labute approximate surface area is 205 Å². The van der Waals surface area contributed by atoms with Crippen molar-refractivity contribution in [2.75, 3.05) is 44.7 Å². The molecule has 1 fully saturated rings. The molecular formula is C23H28F3N7O3. The Kier molecular flexibility index (Phi) is 7.89. The van der Waals surface area contributed by atoms with Gasteiger partial charge in [0.05, 0.1) is 31.4 Å². The number of nitrogens with zero attached hydrogens (tertiary/aromatic N) is 5. The van der Waals surface area contributed by atoms with Gasteiger partial charge in [-0.25, -0.2) is 9.97 Å². The van der Waals surface area contributed by atoms with Crippen LogP contribution >= 0.6 is 0 Å². The van der Waals surface area contributed by atoms with Crippen LogP contribution < -0.4 is 15.4 Å². The van der Waals surface area contributed by atoms with Gasteiger partial charge < -0.3 is 24.7 Å². The summed E-state index contributed by atoms with van der Waals surface area (Å²) in [6.45, 7) is 8.17. The Balaban J connectivity index is 1.46. The monoisotopic (exact) mass is 507 g/mol. The molecule has 0 atom stereocenters. The van der Waals surface area contributed by atoms with Crippen LogP contribution in [0.25, 0.3) is 11.2 Å². The highest BCUT2D eigenvalue weighted by atomic mass is 19.4. The van der Waals surface area contributed by atoms with Crippen molar-refractivity contribution in [1.29, 1.82) is 0 Å². The zero-order chi connectivity index (χ0) is 25.7. The van der Waals surface area contributed by atoms with Gasteiger partial charge in [0.25, 0.3) is 5.91 Å². The molecule has 1 saturated heterocycles. The molecular weight excluding hydrogens is 479 g/mol. The molecule has 0 spiro atoms. The predicted octanol–water partition coefficient (Wildman–Crippen LogP) is 3.50. The molecule has 0 bridgehead atoms. The van der Waals surface area contributed by atoms with E-state index in [1.807, 2.05) is 18.4 Å². The number of hydrogen-bond donors (Lipinski definition) is 2. The number of rotatable bonds is 9. The quantitative estimate of drug-likeness (QED) is 0.424. The molecule has 194 valence electrons. The van der Waals surface area contributed by atoms with Gasteiger partial charge in [0, 0.05) is 31.2 Å². The van der Waals surface area contributed by atoms with Crippen molar-refractivity contribution in [3.05, 3.63) is 36.3 Å². The number of imidazole rings is 1. The molecule has 1 aliphatic rings. The first-order valence-electron chi connectivity index (χ1n) is 11.6. The number of carbonyl (C=O) groups excluding carboxylic acids is 1. The van der Waals surface area contributed by atoms with Crippen molar-refractivity contribution < 1.29 is 27.4 Å². The number of morpholine rings is 1. The molecule has 3 aromatic rings. The lowest BCUT2D eigenvalue weighted by Gasteiger charge is -2.26. The molecule has 10 nitrogen and oxygen atoms in total. The van der Waals surface area contributed by atoms with Crippen molar-refractivity contribution in [2.24, 2.45) is 0 Å². The second-order valence-electron chi connectivity index (χ2n) is 8.60. The SMILES string of the molecule is CC(C)n1cnc2cnc(Nc3ccc(C(=O)NCCCN4CCOCC4)cc3OC(F)(F)F)nc21. The van der Waals surface area contributed by atoms with Crippen LogP contribution in [0.15, 0.2) is 30.7 Å². The largest absolute Gasteiger partial charge is 0.573 e. The number of amides is 1. The Hall–Kier alpha value is -3.45. The molecule has 0 unspecified atom stereocenters. The van der Waals surface area contributed by atoms with Gasteiger partial charge >= 0.3 is 6.36 Å². The van der Waals surface area contributed by atoms with Crippen LogP contribution in [0, 0.1) is 0 Å². The highest BCUT2D eigenvalue weighted by Crippen LogP contribution is 2.33. The summed E-state index contributed by atoms with van der Waals surface area (Å²) in [6.07, 6.45) is -1.14. The zero-order valence-corrected chi connectivity index (χ0v) is 20.0. The number of benzene rings is 1. The van der Waals surface area contributed by atoms with E-state index in [2.05, 4.69) is 35.2 Å². The van der Waals surface area contributed by atoms with Crippen molar-refractivity contribution in [3.8, 4) is 5.75 Å². The first kappa shape index (κ1) is 25.6. The molecule has 0 aliphatic carbocycles. The van der Waals surface area contributed by atoms with E-state index in [4.69, 9.17) is 4.74 Å². The number of alkyl halides is 3. The second kappa shape index (κ2) is 11.1. The Morgan fingerprint density at radius 2 is 2.00 bits per heavy atom. The third-order valence-electron chi connectivity index (χ3n) is 5.63. The van der Waals surface area contributed by atoms with Crippen LogP contribution in [0.4, 0.5) is 24.8 Å². The summed E-state index contributed by atoms with van der Waals surface area (Å²) >= 11 is 0. The van der Waals surface area contributed by atoms with Crippen LogP contribution in [0.1, 0.15) is 36.7 Å². The average molecular weight is 508 g/mol. The fourth-order valence-electron chi connectivity index (χ4n) is 3.79. The van der Waals surface area contributed by atoms with E-state index in [9.17, 15) is 18.0 Å². The molecule has 1 aromatic carbocycles. The van der Waals surface area contributed by atoms with Gasteiger partial charge in [0.1, 0.15) is 5.52 Å². The molecule has 1 amide bonds. The molecule has 36 heavy (non-hydrogen) atoms. The maximum absolute atomic E-state index is 13.1. The minimum atomic E-state index is -4.95. The van der Waals surface area contributed by atoms with Crippen molar-refractivity contribution in [3.63, 3.8) is 0 Å². The van der Waals surface area contributed by atoms with E-state index in [0.29, 0.717) is 37.3 Å². The highest BCUT2D eigenvalue weighted by molar-refractivity contribution is 5.95. The standard InChI is InChI=1S/C23H28F3N7O3/c1-15(2)33-14-29-18-13-28-22(31-20(18)33)30-17-5-4-16(12-19(17)36-23(24,25)26)21(34)27-6-3-7-32-8-10-35-11-9-32/h4-5,12-15H,3,6-11H2,1-2H3,(H,27,34)(H,28,30,31). The molecule has 13 heteroatoms. The second-order valence-corrected chi connectivity index (χ2v) is 8.60. The summed E-state index contributed by atoms with van der Waals surface area (Å²) in [5.41, 5.74) is 1.10. The van der Waals surface area contributed by atoms with Crippen LogP contribution in [0.2, 0.25) is 0 Å². The number of aromatic nitrogens is 4. The summed E-state index contributed by atoms with van der Waals surface area (Å²) in [5, 5.41) is 5.51. The topological polar surface area (TPSA) is 106 Å². The van der Waals surface area contributed by atoms with Crippen molar-refractivity contribution >= 4 is 28.7 Å². The first-order chi connectivity index (χ1) is 17.2.